The number of aromatic amines is 1. The maximum Gasteiger partial charge on any atom is 0.274 e. The van der Waals surface area contributed by atoms with E-state index in [0.29, 0.717) is 5.69 Å². The van der Waals surface area contributed by atoms with Crippen LogP contribution in [0.2, 0.25) is 0 Å². The van der Waals surface area contributed by atoms with Crippen molar-refractivity contribution in [2.45, 2.75) is 0 Å². The number of carbonyl (C=O) groups excluding carboxylic acids is 2. The SMILES string of the molecule is O=C(NC(=O)c1ccc[nH]1)c1cnoc1. The normalized spacial score (nSPS) is 9.87. The van der Waals surface area contributed by atoms with Gasteiger partial charge in [0.15, 0.2) is 0 Å². The molecule has 0 spiro atoms. The van der Waals surface area contributed by atoms with Crippen LogP contribution in [0, 0.1) is 0 Å². The number of rotatable bonds is 2. The summed E-state index contributed by atoms with van der Waals surface area (Å²) in [4.78, 5) is 25.4. The monoisotopic (exact) mass is 205 g/mol. The average Bonchev–Trinajstić information content (AvgIpc) is 2.91. The van der Waals surface area contributed by atoms with Crippen molar-refractivity contribution in [3.8, 4) is 0 Å². The molecule has 0 atom stereocenters. The molecule has 6 heteroatoms. The van der Waals surface area contributed by atoms with Crippen LogP contribution in [0.25, 0.3) is 0 Å². The number of nitrogens with one attached hydrogen (secondary N) is 2. The van der Waals surface area contributed by atoms with E-state index in [9.17, 15) is 9.59 Å². The van der Waals surface area contributed by atoms with Crippen molar-refractivity contribution in [2.24, 2.45) is 0 Å². The van der Waals surface area contributed by atoms with E-state index >= 15 is 0 Å². The number of hydrogen-bond acceptors (Lipinski definition) is 4. The molecule has 0 fully saturated rings. The van der Waals surface area contributed by atoms with Crippen molar-refractivity contribution < 1.29 is 14.1 Å². The first-order valence-corrected chi connectivity index (χ1v) is 4.16. The largest absolute Gasteiger partial charge is 0.364 e. The predicted octanol–water partition coefficient (Wildman–Crippen LogP) is 0.573. The van der Waals surface area contributed by atoms with E-state index in [1.165, 1.54) is 6.20 Å². The van der Waals surface area contributed by atoms with Gasteiger partial charge in [-0.15, -0.1) is 0 Å². The van der Waals surface area contributed by atoms with Crippen LogP contribution in [-0.2, 0) is 0 Å². The molecule has 0 radical (unpaired) electrons. The van der Waals surface area contributed by atoms with Gasteiger partial charge in [-0.3, -0.25) is 14.9 Å². The van der Waals surface area contributed by atoms with Gasteiger partial charge in [-0.05, 0) is 12.1 Å². The number of hydrogen-bond donors (Lipinski definition) is 2. The Bertz CT molecular complexity index is 415. The van der Waals surface area contributed by atoms with E-state index in [0.717, 1.165) is 6.26 Å². The third-order valence-corrected chi connectivity index (χ3v) is 1.76. The van der Waals surface area contributed by atoms with Gasteiger partial charge >= 0.3 is 0 Å². The molecule has 0 aromatic carbocycles. The minimum atomic E-state index is -0.546. The molecule has 0 aliphatic carbocycles. The third kappa shape index (κ3) is 1.93. The van der Waals surface area contributed by atoms with Gasteiger partial charge in [0, 0.05) is 6.20 Å². The van der Waals surface area contributed by atoms with Crippen LogP contribution in [-0.4, -0.2) is 22.0 Å². The first kappa shape index (κ1) is 9.20. The summed E-state index contributed by atoms with van der Waals surface area (Å²) < 4.78 is 4.48. The summed E-state index contributed by atoms with van der Waals surface area (Å²) in [6, 6.07) is 3.23. The maximum atomic E-state index is 11.4. The highest BCUT2D eigenvalue weighted by atomic mass is 16.5. The van der Waals surface area contributed by atoms with Crippen molar-refractivity contribution in [2.75, 3.05) is 0 Å². The molecule has 2 amide bonds. The summed E-state index contributed by atoms with van der Waals surface area (Å²) in [5.74, 6) is -1.04. The quantitative estimate of drug-likeness (QED) is 0.701. The van der Waals surface area contributed by atoms with Crippen LogP contribution in [0.5, 0.6) is 0 Å². The molecule has 6 nitrogen and oxygen atoms in total. The predicted molar refractivity (Wildman–Crippen MR) is 49.1 cm³/mol. The number of nitrogens with zero attached hydrogens (tertiary/aromatic N) is 1. The molecule has 0 aliphatic heterocycles. The molecule has 0 aliphatic rings. The molecule has 0 saturated carbocycles. The Morgan fingerprint density at radius 2 is 2.27 bits per heavy atom. The van der Waals surface area contributed by atoms with Crippen molar-refractivity contribution in [1.82, 2.24) is 15.5 Å². The van der Waals surface area contributed by atoms with Gasteiger partial charge in [0.2, 0.25) is 0 Å². The fourth-order valence-electron chi connectivity index (χ4n) is 1.03. The van der Waals surface area contributed by atoms with Crippen molar-refractivity contribution in [3.63, 3.8) is 0 Å². The molecule has 0 bridgehead atoms. The zero-order valence-corrected chi connectivity index (χ0v) is 7.56. The topological polar surface area (TPSA) is 88.0 Å². The van der Waals surface area contributed by atoms with Crippen LogP contribution in [0.1, 0.15) is 20.8 Å². The van der Waals surface area contributed by atoms with E-state index < -0.39 is 11.8 Å². The lowest BCUT2D eigenvalue weighted by molar-refractivity contribution is 0.0846. The second-order valence-electron chi connectivity index (χ2n) is 2.78. The Balaban J connectivity index is 2.04. The van der Waals surface area contributed by atoms with E-state index in [4.69, 9.17) is 0 Å². The van der Waals surface area contributed by atoms with Gasteiger partial charge in [0.25, 0.3) is 11.8 Å². The van der Waals surface area contributed by atoms with Gasteiger partial charge in [-0.1, -0.05) is 5.16 Å². The molecular weight excluding hydrogens is 198 g/mol. The second-order valence-corrected chi connectivity index (χ2v) is 2.78. The number of H-pyrrole nitrogens is 1. The van der Waals surface area contributed by atoms with Gasteiger partial charge < -0.3 is 9.51 Å². The average molecular weight is 205 g/mol. The number of aromatic nitrogens is 2. The van der Waals surface area contributed by atoms with Gasteiger partial charge in [0.1, 0.15) is 12.0 Å². The molecule has 76 valence electrons. The van der Waals surface area contributed by atoms with Crippen LogP contribution >= 0.6 is 0 Å². The zero-order chi connectivity index (χ0) is 10.7. The summed E-state index contributed by atoms with van der Waals surface area (Å²) in [7, 11) is 0. The summed E-state index contributed by atoms with van der Waals surface area (Å²) in [6.07, 6.45) is 3.99. The molecule has 15 heavy (non-hydrogen) atoms. The van der Waals surface area contributed by atoms with Crippen molar-refractivity contribution >= 4 is 11.8 Å². The van der Waals surface area contributed by atoms with E-state index in [2.05, 4.69) is 20.0 Å². The Morgan fingerprint density at radius 1 is 1.40 bits per heavy atom. The highest BCUT2D eigenvalue weighted by Gasteiger charge is 2.13. The molecule has 2 rings (SSSR count). The number of imide groups is 1. The molecule has 2 heterocycles. The van der Waals surface area contributed by atoms with Crippen molar-refractivity contribution in [3.05, 3.63) is 42.0 Å². The van der Waals surface area contributed by atoms with Crippen molar-refractivity contribution in [1.29, 1.82) is 0 Å². The van der Waals surface area contributed by atoms with E-state index in [-0.39, 0.29) is 5.56 Å². The van der Waals surface area contributed by atoms with Crippen LogP contribution in [0.4, 0.5) is 0 Å². The Hall–Kier alpha value is -2.37. The summed E-state index contributed by atoms with van der Waals surface area (Å²) in [5, 5.41) is 5.53. The highest BCUT2D eigenvalue weighted by molar-refractivity contribution is 6.09. The summed E-state index contributed by atoms with van der Waals surface area (Å²) in [6.45, 7) is 0. The third-order valence-electron chi connectivity index (χ3n) is 1.76. The van der Waals surface area contributed by atoms with Crippen LogP contribution in [0.3, 0.4) is 0 Å². The Labute approximate surface area is 84.3 Å². The standard InChI is InChI=1S/C9H7N3O3/c13-8(6-4-11-15-5-6)12-9(14)7-2-1-3-10-7/h1-5,10H,(H,12,13,14). The number of amides is 2. The first-order chi connectivity index (χ1) is 7.27. The maximum absolute atomic E-state index is 11.4. The van der Waals surface area contributed by atoms with Crippen LogP contribution < -0.4 is 5.32 Å². The fraction of sp³-hybridized carbons (Fsp3) is 0. The smallest absolute Gasteiger partial charge is 0.274 e. The second kappa shape index (κ2) is 3.79. The minimum Gasteiger partial charge on any atom is -0.364 e. The molecular formula is C9H7N3O3. The van der Waals surface area contributed by atoms with Gasteiger partial charge in [-0.25, -0.2) is 0 Å². The lowest BCUT2D eigenvalue weighted by Gasteiger charge is -1.98. The molecule has 2 aromatic rings. The van der Waals surface area contributed by atoms with E-state index in [1.54, 1.807) is 18.3 Å². The van der Waals surface area contributed by atoms with Gasteiger partial charge in [-0.2, -0.15) is 0 Å². The van der Waals surface area contributed by atoms with Crippen LogP contribution in [0.15, 0.2) is 35.3 Å². The fourth-order valence-corrected chi connectivity index (χ4v) is 1.03. The minimum absolute atomic E-state index is 0.204. The molecule has 2 aromatic heterocycles. The highest BCUT2D eigenvalue weighted by Crippen LogP contribution is 1.98. The van der Waals surface area contributed by atoms with Gasteiger partial charge in [0.05, 0.1) is 11.8 Å². The molecule has 0 unspecified atom stereocenters. The Kier molecular flexibility index (Phi) is 2.32. The number of carbonyl (C=O) groups is 2. The summed E-state index contributed by atoms with van der Waals surface area (Å²) in [5.41, 5.74) is 0.523. The molecule has 0 saturated heterocycles. The van der Waals surface area contributed by atoms with E-state index in [1.807, 2.05) is 0 Å². The zero-order valence-electron chi connectivity index (χ0n) is 7.56. The summed E-state index contributed by atoms with van der Waals surface area (Å²) >= 11 is 0. The molecule has 2 N–H and O–H groups in total. The lowest BCUT2D eigenvalue weighted by atomic mass is 10.3. The first-order valence-electron chi connectivity index (χ1n) is 4.16. The Morgan fingerprint density at radius 3 is 2.87 bits per heavy atom. The lowest BCUT2D eigenvalue weighted by Crippen LogP contribution is -2.30.